The number of nitrogens with one attached hydrogen (secondary N) is 2. The number of carbonyl (C=O) groups excluding carboxylic acids is 1. The molecule has 3 aromatic rings. The average Bonchev–Trinajstić information content (AvgIpc) is 2.97. The van der Waals surface area contributed by atoms with Crippen molar-refractivity contribution in [1.82, 2.24) is 20.0 Å². The number of likely N-dealkylation sites (tertiary alicyclic amines) is 1. The minimum atomic E-state index is -3.89. The smallest absolute Gasteiger partial charge is 0.322 e. The molecule has 0 radical (unpaired) electrons. The second kappa shape index (κ2) is 13.6. The van der Waals surface area contributed by atoms with E-state index in [9.17, 15) is 13.2 Å². The summed E-state index contributed by atoms with van der Waals surface area (Å²) in [4.78, 5) is 18.0. The largest absolute Gasteiger partial charge is 0.480 e. The molecular formula is C29H38N6O4S. The molecule has 2 heterocycles. The molecule has 1 aromatic heterocycles. The maximum absolute atomic E-state index is 13.6. The molecule has 214 valence electrons. The second-order valence-electron chi connectivity index (χ2n) is 10.0. The van der Waals surface area contributed by atoms with Gasteiger partial charge in [0.1, 0.15) is 0 Å². The number of benzene rings is 2. The topological polar surface area (TPSA) is 117 Å². The van der Waals surface area contributed by atoms with Crippen LogP contribution in [0, 0.1) is 0 Å². The number of carbonyl (C=O) groups is 1. The highest BCUT2D eigenvalue weighted by atomic mass is 32.2. The maximum atomic E-state index is 13.6. The summed E-state index contributed by atoms with van der Waals surface area (Å²) in [6.07, 6.45) is 4.15. The van der Waals surface area contributed by atoms with E-state index in [2.05, 4.69) is 39.0 Å². The van der Waals surface area contributed by atoms with Crippen LogP contribution in [0.4, 0.5) is 16.3 Å². The van der Waals surface area contributed by atoms with Gasteiger partial charge in [0.2, 0.25) is 5.88 Å². The molecule has 2 aromatic carbocycles. The lowest BCUT2D eigenvalue weighted by atomic mass is 10.00. The minimum Gasteiger partial charge on any atom is -0.480 e. The molecule has 11 heteroatoms. The van der Waals surface area contributed by atoms with Crippen LogP contribution >= 0.6 is 0 Å². The highest BCUT2D eigenvalue weighted by Gasteiger charge is 2.29. The molecule has 40 heavy (non-hydrogen) atoms. The van der Waals surface area contributed by atoms with E-state index < -0.39 is 10.0 Å². The highest BCUT2D eigenvalue weighted by molar-refractivity contribution is 7.92. The SMILES string of the molecule is CCCC(C)N1CCC(N(Cc2ccccc2)C(=O)Nc2ccc(S(=O)(=O)Nc3ccc(OC)nn3)cc2)CC1. The summed E-state index contributed by atoms with van der Waals surface area (Å²) in [6, 6.07) is 19.5. The number of sulfonamides is 1. The van der Waals surface area contributed by atoms with Crippen LogP contribution in [-0.2, 0) is 16.6 Å². The van der Waals surface area contributed by atoms with Crippen LogP contribution < -0.4 is 14.8 Å². The van der Waals surface area contributed by atoms with Crippen LogP contribution in [0.1, 0.15) is 45.1 Å². The lowest BCUT2D eigenvalue weighted by molar-refractivity contribution is 0.0989. The van der Waals surface area contributed by atoms with E-state index in [4.69, 9.17) is 4.74 Å². The fourth-order valence-corrected chi connectivity index (χ4v) is 5.97. The van der Waals surface area contributed by atoms with E-state index in [-0.39, 0.29) is 28.7 Å². The van der Waals surface area contributed by atoms with E-state index in [1.54, 1.807) is 12.1 Å². The normalized spacial score (nSPS) is 15.3. The lowest BCUT2D eigenvalue weighted by Gasteiger charge is -2.40. The third-order valence-electron chi connectivity index (χ3n) is 7.23. The van der Waals surface area contributed by atoms with Gasteiger partial charge in [-0.15, -0.1) is 10.2 Å². The molecule has 0 bridgehead atoms. The molecule has 1 aliphatic rings. The van der Waals surface area contributed by atoms with Crippen LogP contribution in [0.5, 0.6) is 5.88 Å². The third kappa shape index (κ3) is 7.70. The summed E-state index contributed by atoms with van der Waals surface area (Å²) in [6.45, 7) is 6.91. The van der Waals surface area contributed by atoms with Crippen LogP contribution in [-0.4, -0.2) is 66.7 Å². The predicted molar refractivity (Wildman–Crippen MR) is 156 cm³/mol. The number of hydrogen-bond donors (Lipinski definition) is 2. The third-order valence-corrected chi connectivity index (χ3v) is 8.60. The Morgan fingerprint density at radius 2 is 1.75 bits per heavy atom. The number of methoxy groups -OCH3 is 1. The molecule has 1 fully saturated rings. The molecule has 0 saturated carbocycles. The van der Waals surface area contributed by atoms with E-state index >= 15 is 0 Å². The average molecular weight is 567 g/mol. The number of hydrogen-bond acceptors (Lipinski definition) is 7. The number of ether oxygens (including phenoxy) is 1. The van der Waals surface area contributed by atoms with Crippen molar-refractivity contribution in [1.29, 1.82) is 0 Å². The second-order valence-corrected chi connectivity index (χ2v) is 11.7. The molecule has 0 spiro atoms. The van der Waals surface area contributed by atoms with E-state index in [0.717, 1.165) is 37.9 Å². The zero-order chi connectivity index (χ0) is 28.5. The highest BCUT2D eigenvalue weighted by Crippen LogP contribution is 2.24. The van der Waals surface area contributed by atoms with Crippen LogP contribution in [0.15, 0.2) is 71.6 Å². The molecule has 2 N–H and O–H groups in total. The lowest BCUT2D eigenvalue weighted by Crippen LogP contribution is -2.50. The van der Waals surface area contributed by atoms with Crippen molar-refractivity contribution in [2.45, 2.75) is 63.1 Å². The first-order chi connectivity index (χ1) is 19.3. The number of piperidine rings is 1. The van der Waals surface area contributed by atoms with E-state index in [0.29, 0.717) is 18.3 Å². The van der Waals surface area contributed by atoms with Crippen LogP contribution in [0.2, 0.25) is 0 Å². The fraction of sp³-hybridized carbons (Fsp3) is 0.414. The summed E-state index contributed by atoms with van der Waals surface area (Å²) in [7, 11) is -2.44. The van der Waals surface area contributed by atoms with E-state index in [1.807, 2.05) is 35.2 Å². The molecule has 1 aliphatic heterocycles. The molecule has 2 amide bonds. The first-order valence-electron chi connectivity index (χ1n) is 13.6. The van der Waals surface area contributed by atoms with Crippen molar-refractivity contribution in [3.05, 3.63) is 72.3 Å². The zero-order valence-electron chi connectivity index (χ0n) is 23.3. The van der Waals surface area contributed by atoms with Crippen LogP contribution in [0.25, 0.3) is 0 Å². The zero-order valence-corrected chi connectivity index (χ0v) is 24.1. The van der Waals surface area contributed by atoms with Gasteiger partial charge in [-0.3, -0.25) is 4.72 Å². The van der Waals surface area contributed by atoms with E-state index in [1.165, 1.54) is 37.8 Å². The van der Waals surface area contributed by atoms with Crippen LogP contribution in [0.3, 0.4) is 0 Å². The van der Waals surface area contributed by atoms with Gasteiger partial charge in [0.05, 0.1) is 12.0 Å². The fourth-order valence-electron chi connectivity index (χ4n) is 4.98. The molecule has 10 nitrogen and oxygen atoms in total. The van der Waals surface area contributed by atoms with Crippen molar-refractivity contribution in [3.8, 4) is 5.88 Å². The standard InChI is InChI=1S/C29H38N6O4S/c1-4-8-22(2)34-19-17-25(18-20-34)35(21-23-9-6-5-7-10-23)29(36)30-24-11-13-26(14-12-24)40(37,38)33-27-15-16-28(39-3)32-31-27/h5-7,9-16,22,25H,4,8,17-21H2,1-3H3,(H,30,36)(H,31,33). The molecular weight excluding hydrogens is 528 g/mol. The van der Waals surface area contributed by atoms with Crippen molar-refractivity contribution in [3.63, 3.8) is 0 Å². The van der Waals surface area contributed by atoms with Gasteiger partial charge in [-0.05, 0) is 62.1 Å². The van der Waals surface area contributed by atoms with Gasteiger partial charge in [0, 0.05) is 43.5 Å². The number of rotatable bonds is 11. The Morgan fingerprint density at radius 1 is 1.05 bits per heavy atom. The number of aromatic nitrogens is 2. The Balaban J connectivity index is 1.43. The van der Waals surface area contributed by atoms with Crippen molar-refractivity contribution in [2.24, 2.45) is 0 Å². The molecule has 0 aliphatic carbocycles. The van der Waals surface area contributed by atoms with Gasteiger partial charge < -0.3 is 19.9 Å². The number of nitrogens with zero attached hydrogens (tertiary/aromatic N) is 4. The summed E-state index contributed by atoms with van der Waals surface area (Å²) >= 11 is 0. The summed E-state index contributed by atoms with van der Waals surface area (Å²) < 4.78 is 33.0. The monoisotopic (exact) mass is 566 g/mol. The van der Waals surface area contributed by atoms with Gasteiger partial charge in [0.15, 0.2) is 5.82 Å². The Hall–Kier alpha value is -3.70. The Morgan fingerprint density at radius 3 is 2.35 bits per heavy atom. The summed E-state index contributed by atoms with van der Waals surface area (Å²) in [5.74, 6) is 0.353. The van der Waals surface area contributed by atoms with Gasteiger partial charge in [0.25, 0.3) is 10.0 Å². The van der Waals surface area contributed by atoms with Gasteiger partial charge >= 0.3 is 6.03 Å². The molecule has 1 atom stereocenters. The Labute approximate surface area is 236 Å². The Kier molecular flexibility index (Phi) is 9.94. The predicted octanol–water partition coefficient (Wildman–Crippen LogP) is 4.97. The first-order valence-corrected chi connectivity index (χ1v) is 15.1. The Bertz CT molecular complexity index is 1330. The van der Waals surface area contributed by atoms with Gasteiger partial charge in [-0.2, -0.15) is 0 Å². The molecule has 1 unspecified atom stereocenters. The van der Waals surface area contributed by atoms with Gasteiger partial charge in [-0.25, -0.2) is 13.2 Å². The first kappa shape index (κ1) is 29.3. The quantitative estimate of drug-likeness (QED) is 0.336. The van der Waals surface area contributed by atoms with Crippen molar-refractivity contribution in [2.75, 3.05) is 30.2 Å². The summed E-state index contributed by atoms with van der Waals surface area (Å²) in [5.41, 5.74) is 1.58. The number of anilines is 2. The summed E-state index contributed by atoms with van der Waals surface area (Å²) in [5, 5.41) is 10.6. The minimum absolute atomic E-state index is 0.0397. The maximum Gasteiger partial charge on any atom is 0.322 e. The number of urea groups is 1. The van der Waals surface area contributed by atoms with Crippen molar-refractivity contribution < 1.29 is 17.9 Å². The molecule has 1 saturated heterocycles. The molecule has 4 rings (SSSR count). The van der Waals surface area contributed by atoms with Crippen molar-refractivity contribution >= 4 is 27.6 Å². The number of amides is 2. The van der Waals surface area contributed by atoms with Gasteiger partial charge in [-0.1, -0.05) is 43.7 Å².